The molecular formula is C13H18N6O2S. The lowest BCUT2D eigenvalue weighted by molar-refractivity contribution is -0.131. The first kappa shape index (κ1) is 15.0. The van der Waals surface area contributed by atoms with Crippen LogP contribution in [0, 0.1) is 0 Å². The molecule has 3 rings (SSSR count). The van der Waals surface area contributed by atoms with E-state index in [4.69, 9.17) is 4.52 Å². The Kier molecular flexibility index (Phi) is 4.71. The van der Waals surface area contributed by atoms with Crippen molar-refractivity contribution in [2.24, 2.45) is 0 Å². The second-order valence-electron chi connectivity index (χ2n) is 5.05. The van der Waals surface area contributed by atoms with Crippen molar-refractivity contribution in [3.63, 3.8) is 0 Å². The molecule has 0 saturated carbocycles. The van der Waals surface area contributed by atoms with E-state index in [1.165, 1.54) is 6.33 Å². The topological polar surface area (TPSA) is 101 Å². The Morgan fingerprint density at radius 2 is 2.50 bits per heavy atom. The molecule has 1 atom stereocenters. The lowest BCUT2D eigenvalue weighted by Crippen LogP contribution is -2.34. The molecule has 1 fully saturated rings. The van der Waals surface area contributed by atoms with Crippen molar-refractivity contribution < 1.29 is 9.32 Å². The van der Waals surface area contributed by atoms with Crippen LogP contribution in [-0.4, -0.2) is 53.8 Å². The maximum atomic E-state index is 12.3. The summed E-state index contributed by atoms with van der Waals surface area (Å²) in [6.45, 7) is 2.98. The number of nitrogens with zero attached hydrogens (tertiary/aromatic N) is 5. The normalized spacial score (nSPS) is 18.0. The molecule has 0 bridgehead atoms. The zero-order valence-electron chi connectivity index (χ0n) is 12.4. The molecule has 9 heteroatoms. The van der Waals surface area contributed by atoms with Gasteiger partial charge in [0.15, 0.2) is 5.82 Å². The van der Waals surface area contributed by atoms with Crippen LogP contribution in [-0.2, 0) is 11.2 Å². The monoisotopic (exact) mass is 322 g/mol. The van der Waals surface area contributed by atoms with E-state index >= 15 is 0 Å². The fourth-order valence-corrected chi connectivity index (χ4v) is 3.80. The second kappa shape index (κ2) is 6.91. The standard InChI is InChI=1S/C13H18N6O2S/c1-2-3-11-19(6-7-22-11)10(20)5-4-9-16-13(18-21-9)12-14-8-15-17-12/h8,11H,2-7H2,1H3,(H,14,15,17). The molecule has 1 N–H and O–H groups in total. The van der Waals surface area contributed by atoms with Gasteiger partial charge in [-0.25, -0.2) is 4.98 Å². The summed E-state index contributed by atoms with van der Waals surface area (Å²) in [5.74, 6) is 2.44. The highest BCUT2D eigenvalue weighted by atomic mass is 32.2. The van der Waals surface area contributed by atoms with Crippen LogP contribution in [0.15, 0.2) is 10.9 Å². The number of carbonyl (C=O) groups is 1. The lowest BCUT2D eigenvalue weighted by atomic mass is 10.2. The number of aromatic nitrogens is 5. The van der Waals surface area contributed by atoms with E-state index < -0.39 is 0 Å². The molecule has 0 spiro atoms. The molecule has 1 unspecified atom stereocenters. The number of carbonyl (C=O) groups excluding carboxylic acids is 1. The van der Waals surface area contributed by atoms with Crippen LogP contribution >= 0.6 is 11.8 Å². The minimum absolute atomic E-state index is 0.155. The summed E-state index contributed by atoms with van der Waals surface area (Å²) in [4.78, 5) is 22.5. The number of hydrogen-bond acceptors (Lipinski definition) is 7. The van der Waals surface area contributed by atoms with Crippen LogP contribution in [0.2, 0.25) is 0 Å². The molecule has 0 aromatic carbocycles. The van der Waals surface area contributed by atoms with Crippen molar-refractivity contribution in [2.75, 3.05) is 12.3 Å². The second-order valence-corrected chi connectivity index (χ2v) is 6.33. The van der Waals surface area contributed by atoms with Gasteiger partial charge in [0.25, 0.3) is 0 Å². The van der Waals surface area contributed by atoms with Crippen molar-refractivity contribution in [3.8, 4) is 11.6 Å². The predicted molar refractivity (Wildman–Crippen MR) is 80.9 cm³/mol. The summed E-state index contributed by atoms with van der Waals surface area (Å²) in [6.07, 6.45) is 4.35. The zero-order valence-corrected chi connectivity index (χ0v) is 13.2. The smallest absolute Gasteiger partial charge is 0.239 e. The Morgan fingerprint density at radius 1 is 1.59 bits per heavy atom. The molecule has 3 heterocycles. The van der Waals surface area contributed by atoms with E-state index in [-0.39, 0.29) is 5.91 Å². The number of thioether (sulfide) groups is 1. The van der Waals surface area contributed by atoms with Gasteiger partial charge in [-0.2, -0.15) is 10.1 Å². The molecule has 118 valence electrons. The number of aromatic amines is 1. The first-order valence-corrected chi connectivity index (χ1v) is 8.42. The fraction of sp³-hybridized carbons (Fsp3) is 0.615. The largest absolute Gasteiger partial charge is 0.339 e. The van der Waals surface area contributed by atoms with Gasteiger partial charge in [0, 0.05) is 25.1 Å². The quantitative estimate of drug-likeness (QED) is 0.859. The van der Waals surface area contributed by atoms with Crippen LogP contribution in [0.1, 0.15) is 32.1 Å². The highest BCUT2D eigenvalue weighted by Gasteiger charge is 2.28. The third-order valence-electron chi connectivity index (χ3n) is 3.49. The van der Waals surface area contributed by atoms with Crippen molar-refractivity contribution in [3.05, 3.63) is 12.2 Å². The SMILES string of the molecule is CCCC1SCCN1C(=O)CCc1nc(-c2ncn[nH]2)no1. The third kappa shape index (κ3) is 3.29. The summed E-state index contributed by atoms with van der Waals surface area (Å²) in [5, 5.41) is 10.6. The molecule has 2 aromatic heterocycles. The van der Waals surface area contributed by atoms with Crippen molar-refractivity contribution in [2.45, 2.75) is 38.0 Å². The number of aryl methyl sites for hydroxylation is 1. The van der Waals surface area contributed by atoms with E-state index in [1.807, 2.05) is 16.7 Å². The lowest BCUT2D eigenvalue weighted by Gasteiger charge is -2.23. The van der Waals surface area contributed by atoms with E-state index in [2.05, 4.69) is 32.2 Å². The van der Waals surface area contributed by atoms with E-state index in [9.17, 15) is 4.79 Å². The molecular weight excluding hydrogens is 304 g/mol. The number of H-pyrrole nitrogens is 1. The number of nitrogens with one attached hydrogen (secondary N) is 1. The average molecular weight is 322 g/mol. The maximum Gasteiger partial charge on any atom is 0.239 e. The zero-order chi connectivity index (χ0) is 15.4. The third-order valence-corrected chi connectivity index (χ3v) is 4.79. The molecule has 8 nitrogen and oxygen atoms in total. The van der Waals surface area contributed by atoms with Crippen molar-refractivity contribution in [1.82, 2.24) is 30.2 Å². The Balaban J connectivity index is 1.55. The Hall–Kier alpha value is -1.90. The van der Waals surface area contributed by atoms with Crippen molar-refractivity contribution in [1.29, 1.82) is 0 Å². The molecule has 0 aliphatic carbocycles. The van der Waals surface area contributed by atoms with Gasteiger partial charge in [-0.3, -0.25) is 9.89 Å². The molecule has 1 aliphatic heterocycles. The molecule has 22 heavy (non-hydrogen) atoms. The van der Waals surface area contributed by atoms with Crippen LogP contribution < -0.4 is 0 Å². The number of hydrogen-bond donors (Lipinski definition) is 1. The summed E-state index contributed by atoms with van der Waals surface area (Å²) in [6, 6.07) is 0. The van der Waals surface area contributed by atoms with Gasteiger partial charge in [0.05, 0.1) is 5.37 Å². The van der Waals surface area contributed by atoms with Gasteiger partial charge in [0.2, 0.25) is 17.6 Å². The fourth-order valence-electron chi connectivity index (χ4n) is 2.42. The van der Waals surface area contributed by atoms with Gasteiger partial charge in [-0.05, 0) is 6.42 Å². The van der Waals surface area contributed by atoms with E-state index in [1.54, 1.807) is 0 Å². The predicted octanol–water partition coefficient (Wildman–Crippen LogP) is 1.49. The average Bonchev–Trinajstić information content (AvgIpc) is 3.25. The van der Waals surface area contributed by atoms with Gasteiger partial charge in [-0.1, -0.05) is 18.5 Å². The highest BCUT2D eigenvalue weighted by molar-refractivity contribution is 8.00. The van der Waals surface area contributed by atoms with Gasteiger partial charge in [-0.15, -0.1) is 11.8 Å². The Morgan fingerprint density at radius 3 is 3.27 bits per heavy atom. The molecule has 1 saturated heterocycles. The van der Waals surface area contributed by atoms with Crippen LogP contribution in [0.3, 0.4) is 0 Å². The van der Waals surface area contributed by atoms with Crippen LogP contribution in [0.25, 0.3) is 11.6 Å². The number of amides is 1. The maximum absolute atomic E-state index is 12.3. The van der Waals surface area contributed by atoms with Gasteiger partial charge in [0.1, 0.15) is 6.33 Å². The minimum atomic E-state index is 0.155. The first-order valence-electron chi connectivity index (χ1n) is 7.37. The van der Waals surface area contributed by atoms with E-state index in [0.29, 0.717) is 35.8 Å². The number of rotatable bonds is 6. The Bertz CT molecular complexity index is 614. The Labute approximate surface area is 132 Å². The molecule has 1 aliphatic rings. The van der Waals surface area contributed by atoms with E-state index in [0.717, 1.165) is 25.1 Å². The first-order chi connectivity index (χ1) is 10.8. The summed E-state index contributed by atoms with van der Waals surface area (Å²) in [7, 11) is 0. The summed E-state index contributed by atoms with van der Waals surface area (Å²) < 4.78 is 5.15. The summed E-state index contributed by atoms with van der Waals surface area (Å²) in [5.41, 5.74) is 0. The van der Waals surface area contributed by atoms with Crippen LogP contribution in [0.5, 0.6) is 0 Å². The van der Waals surface area contributed by atoms with Crippen LogP contribution in [0.4, 0.5) is 0 Å². The van der Waals surface area contributed by atoms with Crippen molar-refractivity contribution >= 4 is 17.7 Å². The molecule has 1 amide bonds. The minimum Gasteiger partial charge on any atom is -0.339 e. The van der Waals surface area contributed by atoms with Gasteiger partial charge >= 0.3 is 0 Å². The van der Waals surface area contributed by atoms with Gasteiger partial charge < -0.3 is 9.42 Å². The summed E-state index contributed by atoms with van der Waals surface area (Å²) >= 11 is 1.86. The highest BCUT2D eigenvalue weighted by Crippen LogP contribution is 2.28. The molecule has 0 radical (unpaired) electrons. The molecule has 2 aromatic rings.